The average Bonchev–Trinajstić information content (AvgIpc) is 2.84. The number of hydrogen-bond acceptors (Lipinski definition) is 6. The van der Waals surface area contributed by atoms with E-state index in [1.807, 2.05) is 12.1 Å². The van der Waals surface area contributed by atoms with Crippen LogP contribution >= 0.6 is 11.8 Å². The molecule has 0 radical (unpaired) electrons. The van der Waals surface area contributed by atoms with E-state index >= 15 is 0 Å². The Morgan fingerprint density at radius 2 is 1.96 bits per heavy atom. The first-order valence-corrected chi connectivity index (χ1v) is 8.67. The normalized spacial score (nSPS) is 20.0. The molecule has 1 atom stereocenters. The van der Waals surface area contributed by atoms with Crippen LogP contribution in [0, 0.1) is 0 Å². The van der Waals surface area contributed by atoms with Gasteiger partial charge < -0.3 is 15.5 Å². The maximum atomic E-state index is 12.4. The van der Waals surface area contributed by atoms with Crippen LogP contribution in [-0.4, -0.2) is 81.4 Å². The van der Waals surface area contributed by atoms with E-state index in [2.05, 4.69) is 4.98 Å². The van der Waals surface area contributed by atoms with Crippen molar-refractivity contribution in [3.05, 3.63) is 24.5 Å². The Balaban J connectivity index is 1.60. The summed E-state index contributed by atoms with van der Waals surface area (Å²) in [7, 11) is 0. The Labute approximate surface area is 148 Å². The molecule has 3 heterocycles. The van der Waals surface area contributed by atoms with Crippen molar-refractivity contribution in [1.29, 1.82) is 0 Å². The zero-order chi connectivity index (χ0) is 18.0. The van der Waals surface area contributed by atoms with Crippen LogP contribution in [0.25, 0.3) is 0 Å². The summed E-state index contributed by atoms with van der Waals surface area (Å²) >= 11 is 1.39. The zero-order valence-electron chi connectivity index (χ0n) is 13.3. The number of pyridine rings is 1. The quantitative estimate of drug-likeness (QED) is 0.537. The van der Waals surface area contributed by atoms with Crippen molar-refractivity contribution in [2.24, 2.45) is 5.73 Å². The topological polar surface area (TPSA) is 117 Å². The van der Waals surface area contributed by atoms with Gasteiger partial charge in [0.25, 0.3) is 5.91 Å². The van der Waals surface area contributed by atoms with Crippen LogP contribution in [0.4, 0.5) is 4.79 Å². The molecule has 9 nitrogen and oxygen atoms in total. The molecule has 2 aliphatic rings. The number of imide groups is 1. The molecule has 2 aliphatic heterocycles. The summed E-state index contributed by atoms with van der Waals surface area (Å²) in [6, 6.07) is 2.37. The number of nitrogens with two attached hydrogens (primary N) is 1. The van der Waals surface area contributed by atoms with Crippen molar-refractivity contribution in [1.82, 2.24) is 19.7 Å². The number of thioether (sulfide) groups is 1. The molecule has 2 N–H and O–H groups in total. The third-order valence-corrected chi connectivity index (χ3v) is 5.08. The molecule has 0 aliphatic carbocycles. The minimum absolute atomic E-state index is 0.102. The number of hydrogen-bond donors (Lipinski definition) is 1. The lowest BCUT2D eigenvalue weighted by Gasteiger charge is -2.35. The smallest absolute Gasteiger partial charge is 0.328 e. The first-order chi connectivity index (χ1) is 12.0. The molecule has 2 fully saturated rings. The first kappa shape index (κ1) is 17.2. The van der Waals surface area contributed by atoms with Crippen molar-refractivity contribution >= 4 is 35.5 Å². The minimum Gasteiger partial charge on any atom is -0.368 e. The zero-order valence-corrected chi connectivity index (χ0v) is 14.1. The van der Waals surface area contributed by atoms with E-state index in [0.29, 0.717) is 6.54 Å². The van der Waals surface area contributed by atoms with Crippen molar-refractivity contribution in [3.8, 4) is 0 Å². The highest BCUT2D eigenvalue weighted by atomic mass is 32.2. The number of fused-ring (bicyclic) bond motifs is 1. The maximum absolute atomic E-state index is 12.4. The molecule has 2 saturated heterocycles. The SMILES string of the molecule is NC(=O)CN1C(=O)C2CN(C(=O)CSc3ccncc3)CCN2C1=O. The number of rotatable bonds is 5. The van der Waals surface area contributed by atoms with Crippen molar-refractivity contribution in [3.63, 3.8) is 0 Å². The van der Waals surface area contributed by atoms with Crippen LogP contribution in [0.2, 0.25) is 0 Å². The molecule has 0 spiro atoms. The molecule has 5 amide bonds. The highest BCUT2D eigenvalue weighted by molar-refractivity contribution is 8.00. The van der Waals surface area contributed by atoms with Crippen LogP contribution in [0.3, 0.4) is 0 Å². The number of carbonyl (C=O) groups is 4. The molecule has 0 saturated carbocycles. The summed E-state index contributed by atoms with van der Waals surface area (Å²) in [6.45, 7) is 0.317. The van der Waals surface area contributed by atoms with E-state index in [1.54, 1.807) is 17.3 Å². The highest BCUT2D eigenvalue weighted by Gasteiger charge is 2.48. The summed E-state index contributed by atoms with van der Waals surface area (Å²) in [4.78, 5) is 56.6. The molecule has 132 valence electrons. The molecule has 0 bridgehead atoms. The lowest BCUT2D eigenvalue weighted by Crippen LogP contribution is -2.55. The fourth-order valence-electron chi connectivity index (χ4n) is 2.85. The second-order valence-electron chi connectivity index (χ2n) is 5.69. The van der Waals surface area contributed by atoms with Crippen LogP contribution in [0.1, 0.15) is 0 Å². The molecule has 25 heavy (non-hydrogen) atoms. The van der Waals surface area contributed by atoms with Gasteiger partial charge in [-0.1, -0.05) is 0 Å². The lowest BCUT2D eigenvalue weighted by atomic mass is 10.2. The third kappa shape index (κ3) is 3.58. The Hall–Kier alpha value is -2.62. The second-order valence-corrected chi connectivity index (χ2v) is 6.74. The number of piperazine rings is 1. The largest absolute Gasteiger partial charge is 0.368 e. The maximum Gasteiger partial charge on any atom is 0.328 e. The van der Waals surface area contributed by atoms with Gasteiger partial charge in [-0.25, -0.2) is 4.79 Å². The molecule has 10 heteroatoms. The van der Waals surface area contributed by atoms with Gasteiger partial charge in [0.1, 0.15) is 12.6 Å². The van der Waals surface area contributed by atoms with Gasteiger partial charge >= 0.3 is 6.03 Å². The Morgan fingerprint density at radius 3 is 2.64 bits per heavy atom. The third-order valence-electron chi connectivity index (χ3n) is 4.09. The molecule has 3 rings (SSSR count). The summed E-state index contributed by atoms with van der Waals surface area (Å²) in [5, 5.41) is 0. The van der Waals surface area contributed by atoms with E-state index in [4.69, 9.17) is 5.73 Å². The Bertz CT molecular complexity index is 713. The molecular formula is C15H17N5O4S. The van der Waals surface area contributed by atoms with E-state index < -0.39 is 30.4 Å². The van der Waals surface area contributed by atoms with Crippen LogP contribution < -0.4 is 5.73 Å². The lowest BCUT2D eigenvalue weighted by molar-refractivity contribution is -0.135. The van der Waals surface area contributed by atoms with E-state index in [-0.39, 0.29) is 24.7 Å². The van der Waals surface area contributed by atoms with Gasteiger partial charge in [0.2, 0.25) is 11.8 Å². The Kier molecular flexibility index (Phi) is 4.88. The Morgan fingerprint density at radius 1 is 1.24 bits per heavy atom. The van der Waals surface area contributed by atoms with Gasteiger partial charge in [0.15, 0.2) is 0 Å². The summed E-state index contributed by atoms with van der Waals surface area (Å²) in [6.07, 6.45) is 3.31. The van der Waals surface area contributed by atoms with E-state index in [1.165, 1.54) is 16.7 Å². The summed E-state index contributed by atoms with van der Waals surface area (Å²) in [5.41, 5.74) is 5.08. The predicted molar refractivity (Wildman–Crippen MR) is 88.3 cm³/mol. The van der Waals surface area contributed by atoms with Gasteiger partial charge in [0.05, 0.1) is 12.3 Å². The molecule has 1 aromatic heterocycles. The number of amides is 5. The first-order valence-electron chi connectivity index (χ1n) is 7.68. The van der Waals surface area contributed by atoms with Crippen molar-refractivity contribution in [2.75, 3.05) is 31.9 Å². The van der Waals surface area contributed by atoms with Crippen LogP contribution in [-0.2, 0) is 14.4 Å². The monoisotopic (exact) mass is 363 g/mol. The molecular weight excluding hydrogens is 346 g/mol. The van der Waals surface area contributed by atoms with Gasteiger partial charge in [-0.3, -0.25) is 24.3 Å². The molecule has 1 aromatic rings. The number of urea groups is 1. The van der Waals surface area contributed by atoms with Gasteiger partial charge in [-0.2, -0.15) is 0 Å². The molecule has 1 unspecified atom stereocenters. The number of primary amides is 1. The average molecular weight is 363 g/mol. The summed E-state index contributed by atoms with van der Waals surface area (Å²) < 4.78 is 0. The van der Waals surface area contributed by atoms with Crippen molar-refractivity contribution in [2.45, 2.75) is 10.9 Å². The number of nitrogens with zero attached hydrogens (tertiary/aromatic N) is 4. The summed E-state index contributed by atoms with van der Waals surface area (Å²) in [5.74, 6) is -1.09. The van der Waals surface area contributed by atoms with Crippen LogP contribution in [0.15, 0.2) is 29.4 Å². The van der Waals surface area contributed by atoms with E-state index in [0.717, 1.165) is 9.80 Å². The van der Waals surface area contributed by atoms with Gasteiger partial charge in [0, 0.05) is 30.4 Å². The number of aromatic nitrogens is 1. The van der Waals surface area contributed by atoms with Crippen LogP contribution in [0.5, 0.6) is 0 Å². The fourth-order valence-corrected chi connectivity index (χ4v) is 3.64. The van der Waals surface area contributed by atoms with Crippen molar-refractivity contribution < 1.29 is 19.2 Å². The standard InChI is InChI=1S/C15H17N5O4S/c16-12(21)8-20-14(23)11-7-18(5-6-19(11)15(20)24)13(22)9-25-10-1-3-17-4-2-10/h1-4,11H,5-9H2,(H2,16,21). The van der Waals surface area contributed by atoms with Gasteiger partial charge in [-0.05, 0) is 12.1 Å². The minimum atomic E-state index is -0.747. The van der Waals surface area contributed by atoms with Gasteiger partial charge in [-0.15, -0.1) is 11.8 Å². The fraction of sp³-hybridized carbons (Fsp3) is 0.400. The number of carbonyl (C=O) groups excluding carboxylic acids is 4. The highest BCUT2D eigenvalue weighted by Crippen LogP contribution is 2.23. The predicted octanol–water partition coefficient (Wildman–Crippen LogP) is -0.866. The van der Waals surface area contributed by atoms with E-state index in [9.17, 15) is 19.2 Å². The molecule has 0 aromatic carbocycles. The second kappa shape index (κ2) is 7.09.